The SMILES string of the molecule is NS(=O)(=O)CC1CC(=O)N(c2nc3ccc(Br)cc3s2)C1. The number of nitrogens with two attached hydrogens (primary N) is 1. The molecule has 1 aromatic carbocycles. The summed E-state index contributed by atoms with van der Waals surface area (Å²) in [6.45, 7) is 0.344. The molecule has 1 saturated heterocycles. The van der Waals surface area contributed by atoms with Crippen LogP contribution >= 0.6 is 27.3 Å². The Morgan fingerprint density at radius 3 is 2.95 bits per heavy atom. The number of carbonyl (C=O) groups is 1. The molecule has 2 aromatic rings. The zero-order valence-corrected chi connectivity index (χ0v) is 14.0. The lowest BCUT2D eigenvalue weighted by Crippen LogP contribution is -2.27. The number of rotatable bonds is 3. The van der Waals surface area contributed by atoms with Gasteiger partial charge < -0.3 is 0 Å². The summed E-state index contributed by atoms with van der Waals surface area (Å²) in [5.74, 6) is -0.556. The Morgan fingerprint density at radius 2 is 2.24 bits per heavy atom. The van der Waals surface area contributed by atoms with Crippen LogP contribution in [0.3, 0.4) is 0 Å². The Balaban J connectivity index is 1.87. The molecule has 0 saturated carbocycles. The molecule has 2 N–H and O–H groups in total. The van der Waals surface area contributed by atoms with Gasteiger partial charge in [0.2, 0.25) is 15.9 Å². The fourth-order valence-corrected chi connectivity index (χ4v) is 4.83. The lowest BCUT2D eigenvalue weighted by molar-refractivity contribution is -0.117. The van der Waals surface area contributed by atoms with Crippen LogP contribution in [0.5, 0.6) is 0 Å². The molecule has 9 heteroatoms. The predicted octanol–water partition coefficient (Wildman–Crippen LogP) is 1.70. The van der Waals surface area contributed by atoms with Crippen molar-refractivity contribution >= 4 is 58.5 Å². The number of anilines is 1. The average Bonchev–Trinajstić information content (AvgIpc) is 2.89. The van der Waals surface area contributed by atoms with Crippen LogP contribution in [0.15, 0.2) is 22.7 Å². The number of halogens is 1. The molecule has 1 aromatic heterocycles. The van der Waals surface area contributed by atoms with Gasteiger partial charge in [-0.2, -0.15) is 0 Å². The third-order valence-corrected chi connectivity index (χ3v) is 5.71. The fraction of sp³-hybridized carbons (Fsp3) is 0.333. The number of thiazole rings is 1. The molecule has 1 aliphatic heterocycles. The van der Waals surface area contributed by atoms with Crippen molar-refractivity contribution in [2.75, 3.05) is 17.2 Å². The summed E-state index contributed by atoms with van der Waals surface area (Å²) in [6.07, 6.45) is 0.191. The van der Waals surface area contributed by atoms with E-state index in [1.807, 2.05) is 18.2 Å². The van der Waals surface area contributed by atoms with Gasteiger partial charge in [0.15, 0.2) is 5.13 Å². The molecule has 112 valence electrons. The van der Waals surface area contributed by atoms with Crippen LogP contribution in [0.25, 0.3) is 10.2 Å². The van der Waals surface area contributed by atoms with Crippen LogP contribution in [-0.4, -0.2) is 31.6 Å². The number of carbonyl (C=O) groups excluding carboxylic acids is 1. The molecule has 1 atom stereocenters. The second-order valence-corrected chi connectivity index (χ2v) is 8.60. The summed E-state index contributed by atoms with van der Waals surface area (Å²) < 4.78 is 24.2. The number of benzene rings is 1. The van der Waals surface area contributed by atoms with Gasteiger partial charge in [-0.15, -0.1) is 0 Å². The van der Waals surface area contributed by atoms with E-state index in [4.69, 9.17) is 5.14 Å². The van der Waals surface area contributed by atoms with Crippen molar-refractivity contribution in [2.24, 2.45) is 11.1 Å². The van der Waals surface area contributed by atoms with Gasteiger partial charge in [0.25, 0.3) is 0 Å². The first-order chi connectivity index (χ1) is 9.82. The molecule has 0 bridgehead atoms. The van der Waals surface area contributed by atoms with Crippen LogP contribution in [0.1, 0.15) is 6.42 Å². The van der Waals surface area contributed by atoms with Crippen LogP contribution in [0, 0.1) is 5.92 Å². The van der Waals surface area contributed by atoms with E-state index < -0.39 is 10.0 Å². The van der Waals surface area contributed by atoms with Crippen LogP contribution in [0.4, 0.5) is 5.13 Å². The number of sulfonamides is 1. The maximum atomic E-state index is 12.1. The van der Waals surface area contributed by atoms with E-state index in [2.05, 4.69) is 20.9 Å². The van der Waals surface area contributed by atoms with Crippen molar-refractivity contribution in [1.29, 1.82) is 0 Å². The first-order valence-corrected chi connectivity index (χ1v) is 9.51. The van der Waals surface area contributed by atoms with Crippen molar-refractivity contribution in [3.8, 4) is 0 Å². The zero-order chi connectivity index (χ0) is 15.2. The largest absolute Gasteiger partial charge is 0.288 e. The lowest BCUT2D eigenvalue weighted by Gasteiger charge is -2.12. The quantitative estimate of drug-likeness (QED) is 0.863. The molecule has 0 spiro atoms. The second kappa shape index (κ2) is 5.31. The molecule has 2 heterocycles. The van der Waals surface area contributed by atoms with E-state index in [1.165, 1.54) is 11.3 Å². The Labute approximate surface area is 134 Å². The molecule has 0 aliphatic carbocycles. The Bertz CT molecular complexity index is 818. The highest BCUT2D eigenvalue weighted by Gasteiger charge is 2.34. The number of amides is 1. The van der Waals surface area contributed by atoms with Crippen LogP contribution < -0.4 is 10.0 Å². The predicted molar refractivity (Wildman–Crippen MR) is 85.8 cm³/mol. The monoisotopic (exact) mass is 389 g/mol. The van der Waals surface area contributed by atoms with E-state index in [1.54, 1.807) is 4.90 Å². The van der Waals surface area contributed by atoms with E-state index in [-0.39, 0.29) is 24.0 Å². The summed E-state index contributed by atoms with van der Waals surface area (Å²) in [5, 5.41) is 5.65. The molecule has 1 fully saturated rings. The summed E-state index contributed by atoms with van der Waals surface area (Å²) in [7, 11) is -3.57. The van der Waals surface area contributed by atoms with E-state index in [0.717, 1.165) is 14.7 Å². The summed E-state index contributed by atoms with van der Waals surface area (Å²) in [5.41, 5.74) is 0.820. The van der Waals surface area contributed by atoms with E-state index in [0.29, 0.717) is 11.7 Å². The molecule has 6 nitrogen and oxygen atoms in total. The van der Waals surface area contributed by atoms with Gasteiger partial charge >= 0.3 is 0 Å². The Hall–Kier alpha value is -1.03. The number of nitrogens with zero attached hydrogens (tertiary/aromatic N) is 2. The van der Waals surface area contributed by atoms with Crippen molar-refractivity contribution in [3.63, 3.8) is 0 Å². The van der Waals surface area contributed by atoms with Crippen molar-refractivity contribution < 1.29 is 13.2 Å². The average molecular weight is 390 g/mol. The first-order valence-electron chi connectivity index (χ1n) is 6.19. The smallest absolute Gasteiger partial charge is 0.229 e. The number of hydrogen-bond donors (Lipinski definition) is 1. The molecule has 3 rings (SSSR count). The molecule has 1 unspecified atom stereocenters. The summed E-state index contributed by atoms with van der Waals surface area (Å²) in [6, 6.07) is 5.71. The molecule has 21 heavy (non-hydrogen) atoms. The number of fused-ring (bicyclic) bond motifs is 1. The third-order valence-electron chi connectivity index (χ3n) is 3.24. The standard InChI is InChI=1S/C12H12BrN3O3S2/c13-8-1-2-9-10(4-8)20-12(15-9)16-5-7(3-11(16)17)6-21(14,18)19/h1-2,4,7H,3,5-6H2,(H2,14,18,19). The maximum absolute atomic E-state index is 12.1. The third kappa shape index (κ3) is 3.25. The topological polar surface area (TPSA) is 93.4 Å². The van der Waals surface area contributed by atoms with E-state index >= 15 is 0 Å². The minimum absolute atomic E-state index is 0.109. The van der Waals surface area contributed by atoms with Crippen LogP contribution in [0.2, 0.25) is 0 Å². The van der Waals surface area contributed by atoms with Gasteiger partial charge in [-0.3, -0.25) is 9.69 Å². The molecule has 1 amide bonds. The van der Waals surface area contributed by atoms with Crippen molar-refractivity contribution in [1.82, 2.24) is 4.98 Å². The maximum Gasteiger partial charge on any atom is 0.229 e. The van der Waals surface area contributed by atoms with Gasteiger partial charge in [0.05, 0.1) is 16.0 Å². The normalized spacial score (nSPS) is 19.6. The molecular weight excluding hydrogens is 378 g/mol. The van der Waals surface area contributed by atoms with Gasteiger partial charge in [0, 0.05) is 23.4 Å². The first kappa shape index (κ1) is 14.9. The van der Waals surface area contributed by atoms with E-state index in [9.17, 15) is 13.2 Å². The Morgan fingerprint density at radius 1 is 1.48 bits per heavy atom. The van der Waals surface area contributed by atoms with Gasteiger partial charge in [0.1, 0.15) is 0 Å². The number of aromatic nitrogens is 1. The highest BCUT2D eigenvalue weighted by Crippen LogP contribution is 2.34. The van der Waals surface area contributed by atoms with Gasteiger partial charge in [-0.1, -0.05) is 27.3 Å². The highest BCUT2D eigenvalue weighted by molar-refractivity contribution is 9.10. The molecular formula is C12H12BrN3O3S2. The minimum atomic E-state index is -3.57. The minimum Gasteiger partial charge on any atom is -0.288 e. The van der Waals surface area contributed by atoms with Gasteiger partial charge in [-0.25, -0.2) is 18.5 Å². The van der Waals surface area contributed by atoms with Crippen molar-refractivity contribution in [3.05, 3.63) is 22.7 Å². The zero-order valence-electron chi connectivity index (χ0n) is 10.8. The molecule has 0 radical (unpaired) electrons. The van der Waals surface area contributed by atoms with Crippen LogP contribution in [-0.2, 0) is 14.8 Å². The fourth-order valence-electron chi connectivity index (χ4n) is 2.41. The summed E-state index contributed by atoms with van der Waals surface area (Å²) in [4.78, 5) is 18.1. The highest BCUT2D eigenvalue weighted by atomic mass is 79.9. The number of primary sulfonamides is 1. The second-order valence-electron chi connectivity index (χ2n) is 5.01. The van der Waals surface area contributed by atoms with Crippen molar-refractivity contribution in [2.45, 2.75) is 6.42 Å². The molecule has 1 aliphatic rings. The summed E-state index contributed by atoms with van der Waals surface area (Å²) >= 11 is 4.81. The number of hydrogen-bond acceptors (Lipinski definition) is 5. The Kier molecular flexibility index (Phi) is 3.76. The lowest BCUT2D eigenvalue weighted by atomic mass is 10.1. The van der Waals surface area contributed by atoms with Gasteiger partial charge in [-0.05, 0) is 18.2 Å².